The summed E-state index contributed by atoms with van der Waals surface area (Å²) in [4.78, 5) is 4.76. The van der Waals surface area contributed by atoms with Crippen molar-refractivity contribution >= 4 is 0 Å². The van der Waals surface area contributed by atoms with Crippen LogP contribution >= 0.6 is 0 Å². The van der Waals surface area contributed by atoms with Gasteiger partial charge in [-0.3, -0.25) is 0 Å². The highest BCUT2D eigenvalue weighted by molar-refractivity contribution is 5.59. The minimum atomic E-state index is 0.602. The summed E-state index contributed by atoms with van der Waals surface area (Å²) in [6, 6.07) is 9.22. The van der Waals surface area contributed by atoms with E-state index in [2.05, 4.69) is 48.9 Å². The molecule has 1 aliphatic heterocycles. The first-order chi connectivity index (χ1) is 8.24. The fraction of sp³-hybridized carbons (Fsp3) is 0.400. The van der Waals surface area contributed by atoms with E-state index in [0.717, 1.165) is 12.1 Å². The lowest BCUT2D eigenvalue weighted by Gasteiger charge is -2.20. The fourth-order valence-electron chi connectivity index (χ4n) is 2.56. The number of benzene rings is 1. The molecule has 1 aromatic carbocycles. The minimum Gasteiger partial charge on any atom is -0.331 e. The molecule has 3 rings (SSSR count). The van der Waals surface area contributed by atoms with Gasteiger partial charge in [-0.25, -0.2) is 4.98 Å². The molecule has 2 aromatic rings. The molecule has 0 N–H and O–H groups in total. The van der Waals surface area contributed by atoms with Crippen molar-refractivity contribution in [3.8, 4) is 11.3 Å². The van der Waals surface area contributed by atoms with Crippen molar-refractivity contribution in [1.29, 1.82) is 0 Å². The van der Waals surface area contributed by atoms with Crippen LogP contribution in [0.5, 0.6) is 0 Å². The predicted molar refractivity (Wildman–Crippen MR) is 70.0 cm³/mol. The van der Waals surface area contributed by atoms with Gasteiger partial charge in [0.25, 0.3) is 0 Å². The number of aryl methyl sites for hydroxylation is 2. The van der Waals surface area contributed by atoms with Crippen LogP contribution in [-0.4, -0.2) is 9.55 Å². The quantitative estimate of drug-likeness (QED) is 0.724. The maximum absolute atomic E-state index is 4.76. The van der Waals surface area contributed by atoms with Crippen molar-refractivity contribution in [1.82, 2.24) is 9.55 Å². The van der Waals surface area contributed by atoms with Crippen molar-refractivity contribution in [2.45, 2.75) is 39.2 Å². The van der Waals surface area contributed by atoms with E-state index in [1.807, 2.05) is 0 Å². The monoisotopic (exact) mass is 226 g/mol. The average Bonchev–Trinajstić information content (AvgIpc) is 2.75. The highest BCUT2D eigenvalue weighted by atomic mass is 15.1. The first-order valence-electron chi connectivity index (χ1n) is 6.39. The molecule has 0 radical (unpaired) electrons. The summed E-state index contributed by atoms with van der Waals surface area (Å²) in [5.74, 6) is 1.25. The minimum absolute atomic E-state index is 0.602. The molecule has 0 saturated carbocycles. The molecule has 0 amide bonds. The molecular formula is C15H18N2. The van der Waals surface area contributed by atoms with Crippen LogP contribution in [0.4, 0.5) is 0 Å². The normalized spacial score (nSPS) is 19.1. The molecule has 0 fully saturated rings. The van der Waals surface area contributed by atoms with Gasteiger partial charge in [0.05, 0.1) is 5.69 Å². The van der Waals surface area contributed by atoms with Crippen LogP contribution in [0.1, 0.15) is 37.2 Å². The second-order valence-corrected chi connectivity index (χ2v) is 5.06. The Bertz CT molecular complexity index is 522. The molecule has 0 spiro atoms. The number of rotatable bonds is 1. The van der Waals surface area contributed by atoms with Gasteiger partial charge in [0.15, 0.2) is 0 Å². The Morgan fingerprint density at radius 1 is 1.24 bits per heavy atom. The second-order valence-electron chi connectivity index (χ2n) is 5.06. The number of fused-ring (bicyclic) bond motifs is 1. The number of hydrogen-bond donors (Lipinski definition) is 0. The van der Waals surface area contributed by atoms with E-state index in [1.54, 1.807) is 0 Å². The lowest BCUT2D eigenvalue weighted by Crippen LogP contribution is -2.14. The Balaban J connectivity index is 2.02. The Kier molecular flexibility index (Phi) is 2.50. The van der Waals surface area contributed by atoms with E-state index in [9.17, 15) is 0 Å². The number of nitrogens with zero attached hydrogens (tertiary/aromatic N) is 2. The molecule has 0 saturated heterocycles. The molecule has 0 bridgehead atoms. The third-order valence-electron chi connectivity index (χ3n) is 3.65. The Morgan fingerprint density at radius 3 is 2.71 bits per heavy atom. The molecule has 1 aromatic heterocycles. The molecule has 1 aliphatic rings. The zero-order chi connectivity index (χ0) is 11.8. The third kappa shape index (κ3) is 1.88. The van der Waals surface area contributed by atoms with Crippen LogP contribution in [0.15, 0.2) is 30.5 Å². The first kappa shape index (κ1) is 10.6. The van der Waals surface area contributed by atoms with Crippen LogP contribution in [0.3, 0.4) is 0 Å². The summed E-state index contributed by atoms with van der Waals surface area (Å²) < 4.78 is 2.35. The standard InChI is InChI=1S/C15H18N2/c1-11-6-8-13(9-7-11)14-10-17-12(2)4-3-5-15(17)16-14/h6-10,12H,3-5H2,1-2H3/t12-/m0/s1. The van der Waals surface area contributed by atoms with Crippen molar-refractivity contribution in [2.24, 2.45) is 0 Å². The molecule has 2 heteroatoms. The van der Waals surface area contributed by atoms with Gasteiger partial charge in [-0.2, -0.15) is 0 Å². The van der Waals surface area contributed by atoms with Gasteiger partial charge in [-0.05, 0) is 26.7 Å². The molecule has 17 heavy (non-hydrogen) atoms. The lowest BCUT2D eigenvalue weighted by atomic mass is 10.1. The summed E-state index contributed by atoms with van der Waals surface area (Å²) in [5.41, 5.74) is 3.64. The fourth-order valence-corrected chi connectivity index (χ4v) is 2.56. The average molecular weight is 226 g/mol. The second kappa shape index (κ2) is 4.02. The van der Waals surface area contributed by atoms with E-state index >= 15 is 0 Å². The van der Waals surface area contributed by atoms with Gasteiger partial charge in [-0.15, -0.1) is 0 Å². The molecule has 2 nitrogen and oxygen atoms in total. The Morgan fingerprint density at radius 2 is 2.00 bits per heavy atom. The van der Waals surface area contributed by atoms with Crippen molar-refractivity contribution in [2.75, 3.05) is 0 Å². The van der Waals surface area contributed by atoms with Gasteiger partial charge in [0, 0.05) is 24.2 Å². The van der Waals surface area contributed by atoms with Crippen molar-refractivity contribution in [3.63, 3.8) is 0 Å². The van der Waals surface area contributed by atoms with E-state index in [-0.39, 0.29) is 0 Å². The van der Waals surface area contributed by atoms with Crippen LogP contribution < -0.4 is 0 Å². The van der Waals surface area contributed by atoms with Crippen LogP contribution in [-0.2, 0) is 6.42 Å². The molecule has 0 aliphatic carbocycles. The maximum atomic E-state index is 4.76. The lowest BCUT2D eigenvalue weighted by molar-refractivity contribution is 0.426. The van der Waals surface area contributed by atoms with Gasteiger partial charge in [0.1, 0.15) is 5.82 Å². The highest BCUT2D eigenvalue weighted by Crippen LogP contribution is 2.28. The van der Waals surface area contributed by atoms with Crippen LogP contribution in [0.2, 0.25) is 0 Å². The van der Waals surface area contributed by atoms with E-state index in [4.69, 9.17) is 4.98 Å². The summed E-state index contributed by atoms with van der Waals surface area (Å²) in [6.45, 7) is 4.40. The SMILES string of the molecule is Cc1ccc(-c2cn3c(n2)CCC[C@@H]3C)cc1. The number of aromatic nitrogens is 2. The molecule has 1 atom stereocenters. The summed E-state index contributed by atoms with van der Waals surface area (Å²) in [5, 5.41) is 0. The zero-order valence-electron chi connectivity index (χ0n) is 10.5. The Hall–Kier alpha value is -1.57. The van der Waals surface area contributed by atoms with E-state index < -0.39 is 0 Å². The van der Waals surface area contributed by atoms with Gasteiger partial charge >= 0.3 is 0 Å². The summed E-state index contributed by atoms with van der Waals surface area (Å²) in [7, 11) is 0. The first-order valence-corrected chi connectivity index (χ1v) is 6.39. The van der Waals surface area contributed by atoms with E-state index in [1.165, 1.54) is 29.8 Å². The summed E-state index contributed by atoms with van der Waals surface area (Å²) >= 11 is 0. The van der Waals surface area contributed by atoms with Crippen LogP contribution in [0, 0.1) is 6.92 Å². The topological polar surface area (TPSA) is 17.8 Å². The third-order valence-corrected chi connectivity index (χ3v) is 3.65. The Labute approximate surface area is 102 Å². The molecule has 88 valence electrons. The zero-order valence-corrected chi connectivity index (χ0v) is 10.5. The largest absolute Gasteiger partial charge is 0.331 e. The maximum Gasteiger partial charge on any atom is 0.109 e. The number of hydrogen-bond acceptors (Lipinski definition) is 1. The van der Waals surface area contributed by atoms with Crippen LogP contribution in [0.25, 0.3) is 11.3 Å². The highest BCUT2D eigenvalue weighted by Gasteiger charge is 2.18. The van der Waals surface area contributed by atoms with Gasteiger partial charge in [0.2, 0.25) is 0 Å². The smallest absolute Gasteiger partial charge is 0.109 e. The van der Waals surface area contributed by atoms with E-state index in [0.29, 0.717) is 6.04 Å². The van der Waals surface area contributed by atoms with Gasteiger partial charge in [-0.1, -0.05) is 29.8 Å². The molecule has 0 unspecified atom stereocenters. The predicted octanol–water partition coefficient (Wildman–Crippen LogP) is 3.76. The summed E-state index contributed by atoms with van der Waals surface area (Å²) in [6.07, 6.45) is 5.88. The number of imidazole rings is 1. The molecule has 2 heterocycles. The molecular weight excluding hydrogens is 208 g/mol. The van der Waals surface area contributed by atoms with Crippen molar-refractivity contribution in [3.05, 3.63) is 41.9 Å². The van der Waals surface area contributed by atoms with Gasteiger partial charge < -0.3 is 4.57 Å². The van der Waals surface area contributed by atoms with Crippen molar-refractivity contribution < 1.29 is 0 Å².